The average Bonchev–Trinajstić information content (AvgIpc) is 2.03. The summed E-state index contributed by atoms with van der Waals surface area (Å²) in [5.74, 6) is 0. The Hall–Kier alpha value is -0.130. The standard InChI is InChI=1S/C12H18P.BrH/c1-5-11-6-8-12(9-7-11)10-13(2,3)4;/h5-9H,1,10H2,2-4H3;1H/q+1;/p-1. The molecule has 0 aliphatic heterocycles. The zero-order valence-corrected chi connectivity index (χ0v) is 11.6. The number of benzene rings is 1. The van der Waals surface area contributed by atoms with Gasteiger partial charge in [-0.3, -0.25) is 0 Å². The maximum absolute atomic E-state index is 3.74. The lowest BCUT2D eigenvalue weighted by Crippen LogP contribution is -3.00. The summed E-state index contributed by atoms with van der Waals surface area (Å²) in [6.45, 7) is 10.9. The highest BCUT2D eigenvalue weighted by Gasteiger charge is 2.17. The van der Waals surface area contributed by atoms with Crippen LogP contribution in [0.25, 0.3) is 6.08 Å². The van der Waals surface area contributed by atoms with Crippen molar-refractivity contribution in [2.24, 2.45) is 0 Å². The Labute approximate surface area is 98.5 Å². The smallest absolute Gasteiger partial charge is 0.0834 e. The van der Waals surface area contributed by atoms with Gasteiger partial charge in [0, 0.05) is 27.3 Å². The molecule has 0 unspecified atom stereocenters. The van der Waals surface area contributed by atoms with Crippen molar-refractivity contribution in [2.75, 3.05) is 20.0 Å². The minimum atomic E-state index is -0.687. The topological polar surface area (TPSA) is 0 Å². The van der Waals surface area contributed by atoms with Crippen LogP contribution >= 0.6 is 7.26 Å². The van der Waals surface area contributed by atoms with Crippen molar-refractivity contribution in [1.82, 2.24) is 0 Å². The van der Waals surface area contributed by atoms with Crippen molar-refractivity contribution in [3.05, 3.63) is 42.0 Å². The molecule has 0 atom stereocenters. The second-order valence-corrected chi connectivity index (χ2v) is 9.29. The first-order valence-electron chi connectivity index (χ1n) is 4.53. The van der Waals surface area contributed by atoms with Crippen LogP contribution in [-0.4, -0.2) is 20.0 Å². The van der Waals surface area contributed by atoms with Gasteiger partial charge in [0.05, 0.1) is 6.16 Å². The zero-order chi connectivity index (χ0) is 9.90. The van der Waals surface area contributed by atoms with E-state index >= 15 is 0 Å². The van der Waals surface area contributed by atoms with E-state index in [4.69, 9.17) is 0 Å². The van der Waals surface area contributed by atoms with Gasteiger partial charge in [0.2, 0.25) is 0 Å². The van der Waals surface area contributed by atoms with E-state index in [0.717, 1.165) is 0 Å². The molecule has 0 saturated carbocycles. The van der Waals surface area contributed by atoms with Gasteiger partial charge in [-0.15, -0.1) is 0 Å². The van der Waals surface area contributed by atoms with Gasteiger partial charge in [-0.25, -0.2) is 0 Å². The van der Waals surface area contributed by atoms with Crippen LogP contribution in [-0.2, 0) is 6.16 Å². The van der Waals surface area contributed by atoms with Crippen LogP contribution in [0.15, 0.2) is 30.8 Å². The van der Waals surface area contributed by atoms with E-state index in [2.05, 4.69) is 50.8 Å². The summed E-state index contributed by atoms with van der Waals surface area (Å²) in [4.78, 5) is 0. The molecule has 0 radical (unpaired) electrons. The molecule has 0 N–H and O–H groups in total. The molecule has 1 aromatic carbocycles. The predicted molar refractivity (Wildman–Crippen MR) is 64.9 cm³/mol. The molecule has 1 rings (SSSR count). The number of hydrogen-bond donors (Lipinski definition) is 0. The average molecular weight is 273 g/mol. The van der Waals surface area contributed by atoms with Crippen molar-refractivity contribution in [1.29, 1.82) is 0 Å². The van der Waals surface area contributed by atoms with Crippen LogP contribution in [0.2, 0.25) is 0 Å². The maximum Gasteiger partial charge on any atom is 0.0834 e. The molecule has 0 fully saturated rings. The minimum absolute atomic E-state index is 0. The minimum Gasteiger partial charge on any atom is -1.00 e. The molecule has 2 heteroatoms. The molecule has 0 amide bonds. The maximum atomic E-state index is 3.74. The first-order chi connectivity index (χ1) is 6.01. The van der Waals surface area contributed by atoms with Crippen molar-refractivity contribution in [3.63, 3.8) is 0 Å². The third-order valence-electron chi connectivity index (χ3n) is 1.87. The van der Waals surface area contributed by atoms with Gasteiger partial charge in [0.15, 0.2) is 0 Å². The molecule has 0 spiro atoms. The van der Waals surface area contributed by atoms with E-state index in [1.54, 1.807) is 0 Å². The van der Waals surface area contributed by atoms with E-state index in [0.29, 0.717) is 0 Å². The molecule has 14 heavy (non-hydrogen) atoms. The summed E-state index contributed by atoms with van der Waals surface area (Å²) in [5.41, 5.74) is 2.66. The van der Waals surface area contributed by atoms with Crippen molar-refractivity contribution >= 4 is 13.3 Å². The molecule has 0 saturated heterocycles. The van der Waals surface area contributed by atoms with Crippen LogP contribution in [0.1, 0.15) is 11.1 Å². The van der Waals surface area contributed by atoms with Crippen molar-refractivity contribution < 1.29 is 17.0 Å². The van der Waals surface area contributed by atoms with E-state index in [-0.39, 0.29) is 17.0 Å². The van der Waals surface area contributed by atoms with Crippen LogP contribution in [0.5, 0.6) is 0 Å². The van der Waals surface area contributed by atoms with E-state index in [1.165, 1.54) is 17.3 Å². The Bertz CT molecular complexity index is 282. The molecule has 78 valence electrons. The summed E-state index contributed by atoms with van der Waals surface area (Å²) in [6, 6.07) is 8.69. The Balaban J connectivity index is 0.00000169. The Kier molecular flexibility index (Phi) is 5.63. The second kappa shape index (κ2) is 5.68. The van der Waals surface area contributed by atoms with Crippen molar-refractivity contribution in [2.45, 2.75) is 6.16 Å². The van der Waals surface area contributed by atoms with Gasteiger partial charge in [0.1, 0.15) is 0 Å². The van der Waals surface area contributed by atoms with Gasteiger partial charge >= 0.3 is 0 Å². The highest BCUT2D eigenvalue weighted by atomic mass is 79.9. The van der Waals surface area contributed by atoms with Gasteiger partial charge in [-0.05, 0) is 11.1 Å². The van der Waals surface area contributed by atoms with E-state index in [1.807, 2.05) is 6.08 Å². The number of halogens is 1. The summed E-state index contributed by atoms with van der Waals surface area (Å²) < 4.78 is 0. The quantitative estimate of drug-likeness (QED) is 0.713. The molecule has 1 aromatic rings. The van der Waals surface area contributed by atoms with Crippen LogP contribution < -0.4 is 17.0 Å². The highest BCUT2D eigenvalue weighted by Crippen LogP contribution is 2.49. The summed E-state index contributed by atoms with van der Waals surface area (Å²) >= 11 is 0. The Morgan fingerprint density at radius 3 is 2.00 bits per heavy atom. The molecule has 0 aliphatic carbocycles. The predicted octanol–water partition coefficient (Wildman–Crippen LogP) is 0.741. The lowest BCUT2D eigenvalue weighted by Gasteiger charge is -2.11. The summed E-state index contributed by atoms with van der Waals surface area (Å²) in [7, 11) is -0.687. The van der Waals surface area contributed by atoms with Crippen LogP contribution in [0, 0.1) is 0 Å². The molecule has 0 aliphatic rings. The first kappa shape index (κ1) is 13.9. The van der Waals surface area contributed by atoms with Crippen LogP contribution in [0.4, 0.5) is 0 Å². The van der Waals surface area contributed by atoms with E-state index < -0.39 is 7.26 Å². The summed E-state index contributed by atoms with van der Waals surface area (Å²) in [6.07, 6.45) is 3.13. The molecular formula is C12H18BrP. The highest BCUT2D eigenvalue weighted by molar-refractivity contribution is 7.72. The van der Waals surface area contributed by atoms with Crippen molar-refractivity contribution in [3.8, 4) is 0 Å². The molecule has 0 nitrogen and oxygen atoms in total. The lowest BCUT2D eigenvalue weighted by molar-refractivity contribution is -0.00000300. The van der Waals surface area contributed by atoms with Gasteiger partial charge in [-0.1, -0.05) is 36.9 Å². The number of hydrogen-bond acceptors (Lipinski definition) is 0. The molecule has 0 aromatic heterocycles. The zero-order valence-electron chi connectivity index (χ0n) is 9.13. The normalized spacial score (nSPS) is 10.5. The Morgan fingerprint density at radius 2 is 1.64 bits per heavy atom. The van der Waals surface area contributed by atoms with Gasteiger partial charge in [0.25, 0.3) is 0 Å². The largest absolute Gasteiger partial charge is 1.00 e. The van der Waals surface area contributed by atoms with E-state index in [9.17, 15) is 0 Å². The third-order valence-corrected chi connectivity index (χ3v) is 3.19. The second-order valence-electron chi connectivity index (χ2n) is 4.39. The third kappa shape index (κ3) is 4.93. The van der Waals surface area contributed by atoms with Gasteiger partial charge < -0.3 is 17.0 Å². The SMILES string of the molecule is C=Cc1ccc(C[P+](C)(C)C)cc1.[Br-]. The fourth-order valence-electron chi connectivity index (χ4n) is 1.31. The fourth-order valence-corrected chi connectivity index (χ4v) is 2.61. The fraction of sp³-hybridized carbons (Fsp3) is 0.333. The van der Waals surface area contributed by atoms with Gasteiger partial charge in [-0.2, -0.15) is 0 Å². The van der Waals surface area contributed by atoms with Crippen LogP contribution in [0.3, 0.4) is 0 Å². The lowest BCUT2D eigenvalue weighted by atomic mass is 10.1. The summed E-state index contributed by atoms with van der Waals surface area (Å²) in [5, 5.41) is 0. The first-order valence-corrected chi connectivity index (χ1v) is 7.85. The molecule has 0 heterocycles. The molecule has 0 bridgehead atoms. The monoisotopic (exact) mass is 272 g/mol. The number of rotatable bonds is 3. The Morgan fingerprint density at radius 1 is 1.14 bits per heavy atom. The molecular weight excluding hydrogens is 255 g/mol.